The SMILES string of the molecule is CN(C=O)C(C(=O)O)c1ccccc1C1CC1. The van der Waals surface area contributed by atoms with Crippen LogP contribution in [0.15, 0.2) is 24.3 Å². The zero-order valence-corrected chi connectivity index (χ0v) is 9.67. The predicted octanol–water partition coefficient (Wildman–Crippen LogP) is 1.78. The number of hydrogen-bond acceptors (Lipinski definition) is 2. The number of carboxylic acid groups (broad SMARTS) is 1. The van der Waals surface area contributed by atoms with Crippen LogP contribution in [-0.4, -0.2) is 29.4 Å². The van der Waals surface area contributed by atoms with Gasteiger partial charge in [-0.15, -0.1) is 0 Å². The number of rotatable bonds is 5. The van der Waals surface area contributed by atoms with Crippen LogP contribution in [0.5, 0.6) is 0 Å². The first kappa shape index (κ1) is 11.6. The molecule has 0 aliphatic heterocycles. The highest BCUT2D eigenvalue weighted by molar-refractivity contribution is 5.78. The summed E-state index contributed by atoms with van der Waals surface area (Å²) in [4.78, 5) is 23.3. The Morgan fingerprint density at radius 2 is 2.12 bits per heavy atom. The molecule has 0 heterocycles. The number of aliphatic carboxylic acids is 1. The van der Waals surface area contributed by atoms with Crippen molar-refractivity contribution in [3.63, 3.8) is 0 Å². The van der Waals surface area contributed by atoms with Crippen molar-refractivity contribution in [2.45, 2.75) is 24.8 Å². The average Bonchev–Trinajstić information content (AvgIpc) is 3.13. The maximum Gasteiger partial charge on any atom is 0.331 e. The second-order valence-electron chi connectivity index (χ2n) is 4.41. The van der Waals surface area contributed by atoms with Gasteiger partial charge in [-0.1, -0.05) is 24.3 Å². The smallest absolute Gasteiger partial charge is 0.331 e. The van der Waals surface area contributed by atoms with Crippen LogP contribution in [0, 0.1) is 0 Å². The number of benzene rings is 1. The van der Waals surface area contributed by atoms with Gasteiger partial charge in [0.05, 0.1) is 0 Å². The monoisotopic (exact) mass is 233 g/mol. The van der Waals surface area contributed by atoms with Crippen molar-refractivity contribution in [1.82, 2.24) is 4.90 Å². The molecule has 17 heavy (non-hydrogen) atoms. The van der Waals surface area contributed by atoms with Crippen molar-refractivity contribution in [3.05, 3.63) is 35.4 Å². The van der Waals surface area contributed by atoms with Crippen LogP contribution >= 0.6 is 0 Å². The summed E-state index contributed by atoms with van der Waals surface area (Å²) in [5, 5.41) is 9.25. The van der Waals surface area contributed by atoms with Crippen LogP contribution in [0.25, 0.3) is 0 Å². The molecule has 1 fully saturated rings. The molecule has 0 bridgehead atoms. The van der Waals surface area contributed by atoms with E-state index < -0.39 is 12.0 Å². The Hall–Kier alpha value is -1.84. The van der Waals surface area contributed by atoms with Gasteiger partial charge in [0.25, 0.3) is 0 Å². The molecule has 4 heteroatoms. The predicted molar refractivity (Wildman–Crippen MR) is 62.6 cm³/mol. The Morgan fingerprint density at radius 3 is 2.65 bits per heavy atom. The van der Waals surface area contributed by atoms with E-state index in [-0.39, 0.29) is 0 Å². The molecule has 1 aliphatic carbocycles. The first-order valence-corrected chi connectivity index (χ1v) is 5.64. The maximum atomic E-state index is 11.3. The van der Waals surface area contributed by atoms with Gasteiger partial charge in [0, 0.05) is 7.05 Å². The second kappa shape index (κ2) is 4.57. The summed E-state index contributed by atoms with van der Waals surface area (Å²) < 4.78 is 0. The number of carbonyl (C=O) groups is 2. The molecular formula is C13H15NO3. The Kier molecular flexibility index (Phi) is 3.13. The van der Waals surface area contributed by atoms with Gasteiger partial charge in [-0.3, -0.25) is 4.79 Å². The molecule has 1 aromatic rings. The molecule has 1 atom stereocenters. The minimum Gasteiger partial charge on any atom is -0.479 e. The van der Waals surface area contributed by atoms with Gasteiger partial charge in [-0.05, 0) is 29.9 Å². The number of carboxylic acids is 1. The summed E-state index contributed by atoms with van der Waals surface area (Å²) in [6, 6.07) is 6.60. The lowest BCUT2D eigenvalue weighted by Gasteiger charge is -2.23. The van der Waals surface area contributed by atoms with Gasteiger partial charge in [0.2, 0.25) is 6.41 Å². The van der Waals surface area contributed by atoms with E-state index in [0.29, 0.717) is 12.3 Å². The van der Waals surface area contributed by atoms with Crippen molar-refractivity contribution in [2.24, 2.45) is 0 Å². The summed E-state index contributed by atoms with van der Waals surface area (Å²) >= 11 is 0. The topological polar surface area (TPSA) is 57.6 Å². The minimum absolute atomic E-state index is 0.466. The fourth-order valence-electron chi connectivity index (χ4n) is 2.11. The van der Waals surface area contributed by atoms with Gasteiger partial charge in [-0.25, -0.2) is 4.79 Å². The summed E-state index contributed by atoms with van der Waals surface area (Å²) in [5.74, 6) is -0.527. The Morgan fingerprint density at radius 1 is 1.47 bits per heavy atom. The molecule has 1 saturated carbocycles. The third-order valence-corrected chi connectivity index (χ3v) is 3.12. The summed E-state index contributed by atoms with van der Waals surface area (Å²) in [6.45, 7) is 0. The van der Waals surface area contributed by atoms with Crippen molar-refractivity contribution in [3.8, 4) is 0 Å². The molecule has 1 aliphatic rings. The molecule has 0 saturated heterocycles. The van der Waals surface area contributed by atoms with Crippen LogP contribution in [0.2, 0.25) is 0 Å². The van der Waals surface area contributed by atoms with Crippen molar-refractivity contribution in [1.29, 1.82) is 0 Å². The fraction of sp³-hybridized carbons (Fsp3) is 0.385. The second-order valence-corrected chi connectivity index (χ2v) is 4.41. The molecule has 1 N–H and O–H groups in total. The lowest BCUT2D eigenvalue weighted by molar-refractivity contribution is -0.145. The number of amides is 1. The first-order valence-electron chi connectivity index (χ1n) is 5.64. The Labute approximate surface area is 99.9 Å². The molecule has 0 aromatic heterocycles. The molecule has 1 amide bonds. The summed E-state index contributed by atoms with van der Waals surface area (Å²) in [7, 11) is 1.50. The third kappa shape index (κ3) is 2.30. The number of carbonyl (C=O) groups excluding carboxylic acids is 1. The molecule has 90 valence electrons. The molecule has 4 nitrogen and oxygen atoms in total. The normalized spacial score (nSPS) is 16.3. The van der Waals surface area contributed by atoms with Gasteiger partial charge in [0.1, 0.15) is 0 Å². The molecule has 1 aromatic carbocycles. The van der Waals surface area contributed by atoms with E-state index in [0.717, 1.165) is 24.0 Å². The summed E-state index contributed by atoms with van der Waals surface area (Å²) in [6.07, 6.45) is 2.77. The van der Waals surface area contributed by atoms with Crippen molar-refractivity contribution >= 4 is 12.4 Å². The standard InChI is InChI=1S/C13H15NO3/c1-14(8-15)12(13(16)17)11-5-3-2-4-10(11)9-6-7-9/h2-5,8-9,12H,6-7H2,1H3,(H,16,17). The minimum atomic E-state index is -0.993. The highest BCUT2D eigenvalue weighted by Gasteiger charge is 2.32. The fourth-order valence-corrected chi connectivity index (χ4v) is 2.11. The third-order valence-electron chi connectivity index (χ3n) is 3.12. The first-order chi connectivity index (χ1) is 8.15. The Bertz CT molecular complexity index is 440. The van der Waals surface area contributed by atoms with Crippen molar-refractivity contribution < 1.29 is 14.7 Å². The van der Waals surface area contributed by atoms with Gasteiger partial charge in [-0.2, -0.15) is 0 Å². The van der Waals surface area contributed by atoms with Crippen LogP contribution in [0.1, 0.15) is 35.9 Å². The highest BCUT2D eigenvalue weighted by Crippen LogP contribution is 2.43. The molecule has 0 radical (unpaired) electrons. The van der Waals surface area contributed by atoms with Gasteiger partial charge < -0.3 is 10.0 Å². The van der Waals surface area contributed by atoms with Crippen molar-refractivity contribution in [2.75, 3.05) is 7.05 Å². The van der Waals surface area contributed by atoms with Gasteiger partial charge >= 0.3 is 5.97 Å². The largest absolute Gasteiger partial charge is 0.479 e. The quantitative estimate of drug-likeness (QED) is 0.789. The van der Waals surface area contributed by atoms with Crippen LogP contribution < -0.4 is 0 Å². The lowest BCUT2D eigenvalue weighted by atomic mass is 9.96. The number of likely N-dealkylation sites (N-methyl/N-ethyl adjacent to an activating group) is 1. The molecule has 2 rings (SSSR count). The van der Waals surface area contributed by atoms with Gasteiger partial charge in [0.15, 0.2) is 6.04 Å². The average molecular weight is 233 g/mol. The summed E-state index contributed by atoms with van der Waals surface area (Å²) in [5.41, 5.74) is 1.80. The maximum absolute atomic E-state index is 11.3. The van der Waals surface area contributed by atoms with E-state index >= 15 is 0 Å². The van der Waals surface area contributed by atoms with E-state index in [2.05, 4.69) is 0 Å². The van der Waals surface area contributed by atoms with Crippen LogP contribution in [0.3, 0.4) is 0 Å². The van der Waals surface area contributed by atoms with E-state index in [9.17, 15) is 14.7 Å². The number of nitrogens with zero attached hydrogens (tertiary/aromatic N) is 1. The number of hydrogen-bond donors (Lipinski definition) is 1. The Balaban J connectivity index is 2.41. The molecular weight excluding hydrogens is 218 g/mol. The lowest BCUT2D eigenvalue weighted by Crippen LogP contribution is -2.30. The molecule has 1 unspecified atom stereocenters. The van der Waals surface area contributed by atoms with E-state index in [1.165, 1.54) is 11.9 Å². The zero-order valence-electron chi connectivity index (χ0n) is 9.67. The van der Waals surface area contributed by atoms with Crippen LogP contribution in [0.4, 0.5) is 0 Å². The molecule has 0 spiro atoms. The highest BCUT2D eigenvalue weighted by atomic mass is 16.4. The van der Waals surface area contributed by atoms with Crippen LogP contribution in [-0.2, 0) is 9.59 Å². The van der Waals surface area contributed by atoms with E-state index in [1.54, 1.807) is 6.07 Å². The van der Waals surface area contributed by atoms with E-state index in [4.69, 9.17) is 0 Å². The zero-order chi connectivity index (χ0) is 12.4. The van der Waals surface area contributed by atoms with E-state index in [1.807, 2.05) is 18.2 Å².